The average Bonchev–Trinajstić information content (AvgIpc) is 1.97. The number of methoxy groups -OCH3 is 2. The maximum absolute atomic E-state index is 16.1. The number of urea groups is 1. The van der Waals surface area contributed by atoms with Gasteiger partial charge >= 0.3 is 18.1 Å². The minimum absolute atomic E-state index is 0.0742. The Morgan fingerprint density at radius 2 is 1.74 bits per heavy atom. The summed E-state index contributed by atoms with van der Waals surface area (Å²) >= 11 is 6.83. The molecule has 3 heterocycles. The van der Waals surface area contributed by atoms with E-state index in [0.717, 1.165) is 41.0 Å². The molecule has 23 nitrogen and oxygen atoms in total. The normalized spacial score (nSPS) is 24.8. The molecule has 2 saturated heterocycles. The zero-order valence-electron chi connectivity index (χ0n) is 48.4. The van der Waals surface area contributed by atoms with Gasteiger partial charge in [0.25, 0.3) is 5.91 Å². The van der Waals surface area contributed by atoms with E-state index in [1.807, 2.05) is 13.0 Å². The molecule has 10 N–H and O–H groups in total. The number of primary amides is 1. The van der Waals surface area contributed by atoms with Gasteiger partial charge in [-0.15, -0.1) is 0 Å². The number of rotatable bonds is 22. The van der Waals surface area contributed by atoms with Gasteiger partial charge in [0.2, 0.25) is 23.6 Å². The first-order chi connectivity index (χ1) is 38.7. The fraction of sp³-hybridized carbons (Fsp3) is 0.579. The van der Waals surface area contributed by atoms with Crippen molar-refractivity contribution in [2.24, 2.45) is 23.3 Å². The van der Waals surface area contributed by atoms with Crippen LogP contribution in [0.25, 0.3) is 0 Å². The van der Waals surface area contributed by atoms with E-state index in [2.05, 4.69) is 26.6 Å². The summed E-state index contributed by atoms with van der Waals surface area (Å²) in [5.41, 5.74) is 8.72. The number of allylic oxidation sites excluding steroid dienone is 3. The maximum Gasteiger partial charge on any atom is 0.409 e. The Bertz CT molecular complexity index is 2730. The second-order valence-corrected chi connectivity index (χ2v) is 22.1. The lowest BCUT2D eigenvalue weighted by Gasteiger charge is -2.42. The molecule has 25 heteroatoms. The highest BCUT2D eigenvalue weighted by molar-refractivity contribution is 6.35. The number of nitrogens with one attached hydrogen (secondary N) is 5. The van der Waals surface area contributed by atoms with Crippen LogP contribution in [-0.4, -0.2) is 153 Å². The number of unbranched alkanes of at least 4 members (excludes halogenated alkanes) is 3. The third-order valence-corrected chi connectivity index (χ3v) is 15.5. The van der Waals surface area contributed by atoms with Crippen LogP contribution in [0.5, 0.6) is 5.75 Å². The Morgan fingerprint density at radius 1 is 1.02 bits per heavy atom. The number of alkyl carbamates (subject to hydrolysis) is 1. The molecule has 3 aliphatic heterocycles. The number of hydrogen-bond donors (Lipinski definition) is 8. The van der Waals surface area contributed by atoms with Crippen LogP contribution in [0.4, 0.5) is 25.4 Å². The number of carbonyl (C=O) groups is 8. The molecule has 5 rings (SSSR count). The summed E-state index contributed by atoms with van der Waals surface area (Å²) in [4.78, 5) is 110. The van der Waals surface area contributed by atoms with Crippen LogP contribution >= 0.6 is 11.6 Å². The molecule has 2 aromatic rings. The fourth-order valence-electron chi connectivity index (χ4n) is 9.97. The van der Waals surface area contributed by atoms with Crippen LogP contribution in [0, 0.1) is 17.7 Å². The summed E-state index contributed by atoms with van der Waals surface area (Å²) < 4.78 is 45.5. The van der Waals surface area contributed by atoms with Crippen molar-refractivity contribution in [2.45, 2.75) is 160 Å². The van der Waals surface area contributed by atoms with Crippen molar-refractivity contribution in [3.8, 4) is 5.75 Å². The molecule has 0 saturated carbocycles. The van der Waals surface area contributed by atoms with Crippen molar-refractivity contribution < 1.29 is 71.5 Å². The average molecular weight is 1170 g/mol. The molecule has 0 aromatic heterocycles. The van der Waals surface area contributed by atoms with Crippen molar-refractivity contribution in [2.75, 3.05) is 51.6 Å². The van der Waals surface area contributed by atoms with Gasteiger partial charge in [0.1, 0.15) is 58.6 Å². The zero-order valence-corrected chi connectivity index (χ0v) is 49.1. The molecule has 0 radical (unpaired) electrons. The third kappa shape index (κ3) is 17.1. The van der Waals surface area contributed by atoms with E-state index >= 15 is 4.39 Å². The number of halogens is 2. The first kappa shape index (κ1) is 65.9. The summed E-state index contributed by atoms with van der Waals surface area (Å²) in [6.45, 7) is 10.7. The van der Waals surface area contributed by atoms with Gasteiger partial charge in [-0.05, 0) is 108 Å². The quantitative estimate of drug-likeness (QED) is 0.0442. The summed E-state index contributed by atoms with van der Waals surface area (Å²) in [5, 5.41) is 25.0. The molecule has 0 unspecified atom stereocenters. The second kappa shape index (κ2) is 29.4. The van der Waals surface area contributed by atoms with Gasteiger partial charge in [-0.2, -0.15) is 0 Å². The highest BCUT2D eigenvalue weighted by atomic mass is 35.5. The molecule has 82 heavy (non-hydrogen) atoms. The number of amides is 8. The van der Waals surface area contributed by atoms with E-state index in [1.54, 1.807) is 52.0 Å². The van der Waals surface area contributed by atoms with E-state index in [9.17, 15) is 43.5 Å². The summed E-state index contributed by atoms with van der Waals surface area (Å²) in [6.07, 6.45) is 2.80. The van der Waals surface area contributed by atoms with Crippen LogP contribution in [-0.2, 0) is 49.3 Å². The molecule has 2 aromatic carbocycles. The third-order valence-electron chi connectivity index (χ3n) is 15.1. The number of ether oxygens (including phenoxy) is 5. The maximum atomic E-state index is 16.1. The molecule has 2 fully saturated rings. The minimum atomic E-state index is -1.93. The van der Waals surface area contributed by atoms with Gasteiger partial charge in [-0.25, -0.2) is 18.8 Å². The van der Waals surface area contributed by atoms with E-state index in [0.29, 0.717) is 37.9 Å². The highest BCUT2D eigenvalue weighted by Gasteiger charge is 2.64. The molecular formula is C57H81ClFN9O14. The molecule has 452 valence electrons. The Kier molecular flexibility index (Phi) is 23.6. The van der Waals surface area contributed by atoms with E-state index in [4.69, 9.17) is 46.8 Å². The number of esters is 1. The van der Waals surface area contributed by atoms with Crippen molar-refractivity contribution in [1.82, 2.24) is 26.2 Å². The topological polar surface area (TPSA) is 325 Å². The lowest BCUT2D eigenvalue weighted by Crippen LogP contribution is -2.63. The lowest BCUT2D eigenvalue weighted by molar-refractivity contribution is -0.158. The van der Waals surface area contributed by atoms with Gasteiger partial charge in [-0.1, -0.05) is 62.6 Å². The molecule has 4 bridgehead atoms. The number of benzene rings is 2. The molecule has 8 amide bonds. The monoisotopic (exact) mass is 1170 g/mol. The lowest BCUT2D eigenvalue weighted by atomic mass is 9.83. The Labute approximate surface area is 483 Å². The van der Waals surface area contributed by atoms with E-state index in [1.165, 1.54) is 46.2 Å². The molecular weight excluding hydrogens is 1090 g/mol. The van der Waals surface area contributed by atoms with Gasteiger partial charge in [0.15, 0.2) is 5.72 Å². The predicted molar refractivity (Wildman–Crippen MR) is 303 cm³/mol. The van der Waals surface area contributed by atoms with Crippen molar-refractivity contribution >= 4 is 70.6 Å². The Balaban J connectivity index is 1.37. The van der Waals surface area contributed by atoms with Gasteiger partial charge in [0.05, 0.1) is 30.9 Å². The van der Waals surface area contributed by atoms with Gasteiger partial charge in [0, 0.05) is 52.2 Å². The number of nitrogens with two attached hydrogens (primary N) is 2. The Hall–Kier alpha value is -6.86. The molecule has 10 atom stereocenters. The molecule has 0 spiro atoms. The Morgan fingerprint density at radius 3 is 2.39 bits per heavy atom. The summed E-state index contributed by atoms with van der Waals surface area (Å²) in [6, 6.07) is 2.43. The largest absolute Gasteiger partial charge is 0.495 e. The summed E-state index contributed by atoms with van der Waals surface area (Å²) in [7, 11) is 5.58. The van der Waals surface area contributed by atoms with Gasteiger partial charge in [-0.3, -0.25) is 29.3 Å². The van der Waals surface area contributed by atoms with Crippen molar-refractivity contribution in [3.05, 3.63) is 76.1 Å². The van der Waals surface area contributed by atoms with E-state index < -0.39 is 119 Å². The molecule has 3 aliphatic rings. The highest BCUT2D eigenvalue weighted by Crippen LogP contribution is 2.49. The number of nitrogens with zero attached hydrogens (tertiary/aromatic N) is 2. The first-order valence-corrected chi connectivity index (χ1v) is 27.9. The number of hydrogen-bond acceptors (Lipinski definition) is 15. The summed E-state index contributed by atoms with van der Waals surface area (Å²) in [5.74, 6) is -6.04. The minimum Gasteiger partial charge on any atom is -0.495 e. The fourth-order valence-corrected chi connectivity index (χ4v) is 10.3. The number of carbonyl (C=O) groups excluding carboxylic acids is 8. The van der Waals surface area contributed by atoms with Crippen LogP contribution in [0.1, 0.15) is 115 Å². The van der Waals surface area contributed by atoms with Crippen molar-refractivity contribution in [3.63, 3.8) is 0 Å². The van der Waals surface area contributed by atoms with Crippen LogP contribution in [0.2, 0.25) is 5.02 Å². The molecule has 0 aliphatic carbocycles. The SMILES string of the molecule is COc1cc2cc(c1Cl)N(C)C(=O)C[C@H](OC(=O)[C@H](C)N(C)C(=O)c1ccc(NC(=O)[C@H](CCCCNC(N)=O)NC(=O)[C@@H](NC(=O)CCCCCN)C(C)C)cc1F)[C@]1(C)O[C@H]1[C@H](C)[C@@H]1C[C@@](O)(NC(=O)O1)[C@H](OC)/C=C/C=C(\C)C2. The number of epoxide rings is 1. The number of fused-ring (bicyclic) bond motifs is 5. The second-order valence-electron chi connectivity index (χ2n) is 21.7. The number of aliphatic hydroxyl groups is 1. The van der Waals surface area contributed by atoms with E-state index in [-0.39, 0.29) is 54.1 Å². The first-order valence-electron chi connectivity index (χ1n) is 27.5. The standard InChI is InChI=1S/C57H81ClFN9O14/c1-31(2)48(65-45(69)20-12-11-14-23-60)51(72)64-39(18-13-15-24-62-54(61)75)50(71)63-36-21-22-37(38(59)28-36)52(73)67(7)34(5)53(74)81-44-29-46(70)68(8)40-26-35(27-41(78-9)47(40)58)25-32(3)17-16-19-43(79-10)57(77)30-42(80-55(76)66-57)33(4)49-56(44,6)82-49/h16-17,19,21-22,26-28,31,33-34,39,42-44,48-49,77H,11-15,18,20,23-25,29-30,60H2,1-10H3,(H,63,71)(H,64,72)(H,65,69)(H,66,76)(H3,61,62,75)/b19-16+,32-17+/t33-,34+,39+,42+,43-,44+,48+,49+,56+,57+/m1/s1. The van der Waals surface area contributed by atoms with Crippen LogP contribution in [0.3, 0.4) is 0 Å². The number of likely N-dealkylation sites (N-methyl/N-ethyl adjacent to an activating group) is 1. The van der Waals surface area contributed by atoms with Gasteiger partial charge < -0.3 is 71.3 Å². The zero-order chi connectivity index (χ0) is 60.8. The predicted octanol–water partition coefficient (Wildman–Crippen LogP) is 4.89. The smallest absolute Gasteiger partial charge is 0.409 e. The van der Waals surface area contributed by atoms with Crippen LogP contribution < -0.4 is 47.7 Å². The van der Waals surface area contributed by atoms with Crippen LogP contribution in [0.15, 0.2) is 54.1 Å². The number of anilines is 2. The van der Waals surface area contributed by atoms with Crippen molar-refractivity contribution in [1.29, 1.82) is 0 Å².